The van der Waals surface area contributed by atoms with E-state index in [0.29, 0.717) is 12.4 Å². The van der Waals surface area contributed by atoms with Crippen molar-refractivity contribution in [1.82, 2.24) is 5.32 Å². The van der Waals surface area contributed by atoms with Gasteiger partial charge in [-0.25, -0.2) is 0 Å². The minimum Gasteiger partial charge on any atom is -0.351 e. The Morgan fingerprint density at radius 3 is 2.76 bits per heavy atom. The first kappa shape index (κ1) is 15.0. The van der Waals surface area contributed by atoms with E-state index in [-0.39, 0.29) is 11.3 Å². The summed E-state index contributed by atoms with van der Waals surface area (Å²) in [5.74, 6) is 0.676. The molecule has 0 saturated carbocycles. The van der Waals surface area contributed by atoms with Gasteiger partial charge in [0.2, 0.25) is 0 Å². The van der Waals surface area contributed by atoms with Crippen LogP contribution in [0, 0.1) is 5.41 Å². The highest BCUT2D eigenvalue weighted by atomic mass is 79.9. The largest absolute Gasteiger partial charge is 0.351 e. The van der Waals surface area contributed by atoms with Crippen LogP contribution in [0.25, 0.3) is 0 Å². The van der Waals surface area contributed by atoms with Crippen molar-refractivity contribution < 1.29 is 4.79 Å². The van der Waals surface area contributed by atoms with Crippen molar-refractivity contribution in [2.75, 3.05) is 12.4 Å². The maximum Gasteiger partial charge on any atom is 0.261 e. The van der Waals surface area contributed by atoms with Gasteiger partial charge in [-0.15, -0.1) is 22.9 Å². The van der Waals surface area contributed by atoms with Crippen LogP contribution < -0.4 is 5.32 Å². The van der Waals surface area contributed by atoms with E-state index < -0.39 is 0 Å². The summed E-state index contributed by atoms with van der Waals surface area (Å²) in [4.78, 5) is 12.6. The average molecular weight is 339 g/mol. The first-order chi connectivity index (χ1) is 7.94. The number of hydrogen-bond donors (Lipinski definition) is 1. The van der Waals surface area contributed by atoms with Crippen molar-refractivity contribution in [2.24, 2.45) is 5.41 Å². The number of amides is 1. The van der Waals surface area contributed by atoms with E-state index in [9.17, 15) is 4.79 Å². The predicted octanol–water partition coefficient (Wildman–Crippen LogP) is 4.29. The van der Waals surface area contributed by atoms with Crippen molar-refractivity contribution in [3.8, 4) is 0 Å². The normalized spacial score (nSPS) is 11.5. The second-order valence-corrected chi connectivity index (χ2v) is 7.58. The van der Waals surface area contributed by atoms with Crippen LogP contribution in [0.3, 0.4) is 0 Å². The molecule has 0 aliphatic heterocycles. The Hall–Kier alpha value is -0.0600. The van der Waals surface area contributed by atoms with Gasteiger partial charge in [-0.2, -0.15) is 0 Å². The molecular formula is C12H17BrClNOS. The Morgan fingerprint density at radius 1 is 1.53 bits per heavy atom. The maximum atomic E-state index is 11.8. The third kappa shape index (κ3) is 5.40. The summed E-state index contributed by atoms with van der Waals surface area (Å²) < 4.78 is 0.976. The molecule has 0 fully saturated rings. The lowest BCUT2D eigenvalue weighted by atomic mass is 9.88. The molecule has 96 valence electrons. The Morgan fingerprint density at radius 2 is 2.24 bits per heavy atom. The van der Waals surface area contributed by atoms with Gasteiger partial charge in [0.1, 0.15) is 0 Å². The molecule has 17 heavy (non-hydrogen) atoms. The Labute approximate surface area is 120 Å². The SMILES string of the molecule is CC(C)(CCCCl)CNC(=O)c1ccc(Br)s1. The molecule has 0 unspecified atom stereocenters. The van der Waals surface area contributed by atoms with Gasteiger partial charge in [0.05, 0.1) is 8.66 Å². The standard InChI is InChI=1S/C12H17BrClNOS/c1-12(2,6-3-7-14)8-15-11(16)9-4-5-10(13)17-9/h4-5H,3,6-8H2,1-2H3,(H,15,16). The van der Waals surface area contributed by atoms with E-state index in [0.717, 1.165) is 21.5 Å². The highest BCUT2D eigenvalue weighted by Gasteiger charge is 2.19. The summed E-state index contributed by atoms with van der Waals surface area (Å²) in [6, 6.07) is 3.72. The van der Waals surface area contributed by atoms with Crippen molar-refractivity contribution in [3.05, 3.63) is 20.8 Å². The monoisotopic (exact) mass is 337 g/mol. The van der Waals surface area contributed by atoms with E-state index in [1.165, 1.54) is 11.3 Å². The van der Waals surface area contributed by atoms with Crippen LogP contribution in [0.1, 0.15) is 36.4 Å². The first-order valence-corrected chi connectivity index (χ1v) is 7.68. The molecule has 0 aromatic carbocycles. The fraction of sp³-hybridized carbons (Fsp3) is 0.583. The quantitative estimate of drug-likeness (QED) is 0.770. The molecule has 1 rings (SSSR count). The lowest BCUT2D eigenvalue weighted by molar-refractivity contribution is 0.0938. The number of rotatable bonds is 6. The molecule has 5 heteroatoms. The molecule has 0 atom stereocenters. The van der Waals surface area contributed by atoms with E-state index in [1.807, 2.05) is 12.1 Å². The molecule has 0 aliphatic rings. The molecule has 1 N–H and O–H groups in total. The van der Waals surface area contributed by atoms with Crippen LogP contribution in [0.5, 0.6) is 0 Å². The summed E-state index contributed by atoms with van der Waals surface area (Å²) in [5, 5.41) is 2.97. The van der Waals surface area contributed by atoms with Gasteiger partial charge in [0.15, 0.2) is 0 Å². The topological polar surface area (TPSA) is 29.1 Å². The summed E-state index contributed by atoms with van der Waals surface area (Å²) in [7, 11) is 0. The molecule has 1 heterocycles. The fourth-order valence-electron chi connectivity index (χ4n) is 1.48. The third-order valence-corrected chi connectivity index (χ3v) is 4.40. The second-order valence-electron chi connectivity index (χ2n) is 4.74. The maximum absolute atomic E-state index is 11.8. The van der Waals surface area contributed by atoms with E-state index in [4.69, 9.17) is 11.6 Å². The number of halogens is 2. The van der Waals surface area contributed by atoms with Crippen molar-refractivity contribution >= 4 is 44.8 Å². The summed E-state index contributed by atoms with van der Waals surface area (Å²) in [5.41, 5.74) is 0.0963. The molecule has 0 saturated heterocycles. The Balaban J connectivity index is 2.42. The second kappa shape index (κ2) is 6.76. The smallest absolute Gasteiger partial charge is 0.261 e. The van der Waals surface area contributed by atoms with Gasteiger partial charge < -0.3 is 5.32 Å². The van der Waals surface area contributed by atoms with Gasteiger partial charge in [-0.1, -0.05) is 13.8 Å². The summed E-state index contributed by atoms with van der Waals surface area (Å²) in [6.07, 6.45) is 2.00. The van der Waals surface area contributed by atoms with Gasteiger partial charge >= 0.3 is 0 Å². The van der Waals surface area contributed by atoms with Gasteiger partial charge in [-0.05, 0) is 46.3 Å². The zero-order valence-electron chi connectivity index (χ0n) is 10.1. The number of nitrogens with one attached hydrogen (secondary N) is 1. The minimum absolute atomic E-state index is 0.000325. The molecule has 1 amide bonds. The van der Waals surface area contributed by atoms with E-state index >= 15 is 0 Å². The van der Waals surface area contributed by atoms with Gasteiger partial charge in [0.25, 0.3) is 5.91 Å². The average Bonchev–Trinajstić information content (AvgIpc) is 2.70. The van der Waals surface area contributed by atoms with Crippen LogP contribution in [-0.2, 0) is 0 Å². The fourth-order valence-corrected chi connectivity index (χ4v) is 2.91. The van der Waals surface area contributed by atoms with Gasteiger partial charge in [-0.3, -0.25) is 4.79 Å². The molecule has 0 spiro atoms. The van der Waals surface area contributed by atoms with E-state index in [1.54, 1.807) is 0 Å². The molecular weight excluding hydrogens is 322 g/mol. The number of carbonyl (C=O) groups excluding carboxylic acids is 1. The number of alkyl halides is 1. The lowest BCUT2D eigenvalue weighted by Crippen LogP contribution is -2.33. The highest BCUT2D eigenvalue weighted by molar-refractivity contribution is 9.11. The van der Waals surface area contributed by atoms with Crippen LogP contribution >= 0.6 is 38.9 Å². The number of carbonyl (C=O) groups is 1. The zero-order valence-corrected chi connectivity index (χ0v) is 13.2. The predicted molar refractivity (Wildman–Crippen MR) is 78.1 cm³/mol. The molecule has 0 aliphatic carbocycles. The molecule has 2 nitrogen and oxygen atoms in total. The molecule has 1 aromatic heterocycles. The van der Waals surface area contributed by atoms with Crippen LogP contribution in [0.2, 0.25) is 0 Å². The Kier molecular flexibility index (Phi) is 5.97. The van der Waals surface area contributed by atoms with Crippen molar-refractivity contribution in [2.45, 2.75) is 26.7 Å². The zero-order chi connectivity index (χ0) is 12.9. The van der Waals surface area contributed by atoms with E-state index in [2.05, 4.69) is 35.1 Å². The molecule has 1 aromatic rings. The van der Waals surface area contributed by atoms with Crippen LogP contribution in [0.4, 0.5) is 0 Å². The van der Waals surface area contributed by atoms with Crippen molar-refractivity contribution in [1.29, 1.82) is 0 Å². The first-order valence-electron chi connectivity index (χ1n) is 5.54. The Bertz CT molecular complexity index is 378. The number of thiophene rings is 1. The van der Waals surface area contributed by atoms with Crippen LogP contribution in [-0.4, -0.2) is 18.3 Å². The number of hydrogen-bond acceptors (Lipinski definition) is 2. The third-order valence-electron chi connectivity index (χ3n) is 2.51. The molecule has 0 bridgehead atoms. The molecule has 0 radical (unpaired) electrons. The minimum atomic E-state index is -0.000325. The van der Waals surface area contributed by atoms with Crippen LogP contribution in [0.15, 0.2) is 15.9 Å². The summed E-state index contributed by atoms with van der Waals surface area (Å²) >= 11 is 10.5. The highest BCUT2D eigenvalue weighted by Crippen LogP contribution is 2.24. The lowest BCUT2D eigenvalue weighted by Gasteiger charge is -2.24. The van der Waals surface area contributed by atoms with Gasteiger partial charge in [0, 0.05) is 12.4 Å². The van der Waals surface area contributed by atoms with Crippen molar-refractivity contribution in [3.63, 3.8) is 0 Å². The summed E-state index contributed by atoms with van der Waals surface area (Å²) in [6.45, 7) is 4.96.